The van der Waals surface area contributed by atoms with Crippen molar-refractivity contribution in [1.82, 2.24) is 10.6 Å². The summed E-state index contributed by atoms with van der Waals surface area (Å²) < 4.78 is 5.58. The van der Waals surface area contributed by atoms with E-state index in [0.717, 1.165) is 0 Å². The third-order valence-electron chi connectivity index (χ3n) is 6.90. The highest BCUT2D eigenvalue weighted by molar-refractivity contribution is 5.79. The lowest BCUT2D eigenvalue weighted by Crippen LogP contribution is -2.47. The fourth-order valence-corrected chi connectivity index (χ4v) is 4.74. The maximum absolute atomic E-state index is 12.4. The molecule has 0 aliphatic heterocycles. The smallest absolute Gasteiger partial charge is 0.407 e. The molecule has 0 aromatic heterocycles. The van der Waals surface area contributed by atoms with Crippen LogP contribution < -0.4 is 10.6 Å². The molecule has 1 saturated carbocycles. The number of carboxylic acids is 1. The van der Waals surface area contributed by atoms with Gasteiger partial charge in [0.2, 0.25) is 5.91 Å². The van der Waals surface area contributed by atoms with Crippen LogP contribution in [-0.4, -0.2) is 41.8 Å². The van der Waals surface area contributed by atoms with Gasteiger partial charge in [-0.15, -0.1) is 0 Å². The topological polar surface area (TPSA) is 105 Å². The molecule has 4 rings (SSSR count). The summed E-state index contributed by atoms with van der Waals surface area (Å²) in [6, 6.07) is 16.0. The highest BCUT2D eigenvalue weighted by atomic mass is 16.5. The lowest BCUT2D eigenvalue weighted by atomic mass is 9.78. The van der Waals surface area contributed by atoms with Crippen LogP contribution >= 0.6 is 0 Å². The number of alkyl carbamates (subject to hydrolysis) is 1. The molecule has 174 valence electrons. The Morgan fingerprint density at radius 1 is 1.00 bits per heavy atom. The van der Waals surface area contributed by atoms with Gasteiger partial charge in [-0.1, -0.05) is 48.5 Å². The fraction of sp³-hybridized carbons (Fsp3) is 0.423. The molecule has 7 heteroatoms. The molecule has 0 bridgehead atoms. The number of amides is 2. The van der Waals surface area contributed by atoms with Crippen molar-refractivity contribution < 1.29 is 24.2 Å². The van der Waals surface area contributed by atoms with Crippen LogP contribution in [0.2, 0.25) is 0 Å². The summed E-state index contributed by atoms with van der Waals surface area (Å²) in [6.45, 7) is 3.54. The van der Waals surface area contributed by atoms with Gasteiger partial charge in [-0.3, -0.25) is 9.59 Å². The Hall–Kier alpha value is -3.35. The lowest BCUT2D eigenvalue weighted by molar-refractivity contribution is -0.142. The van der Waals surface area contributed by atoms with Gasteiger partial charge in [-0.2, -0.15) is 0 Å². The third-order valence-corrected chi connectivity index (χ3v) is 6.90. The zero-order valence-electron chi connectivity index (χ0n) is 18.9. The second-order valence-electron chi connectivity index (χ2n) is 9.19. The average Bonchev–Trinajstić information content (AvgIpc) is 3.09. The van der Waals surface area contributed by atoms with Crippen LogP contribution in [0.3, 0.4) is 0 Å². The zero-order valence-corrected chi connectivity index (χ0v) is 18.9. The van der Waals surface area contributed by atoms with Crippen molar-refractivity contribution in [3.8, 4) is 11.1 Å². The Labute approximate surface area is 193 Å². The van der Waals surface area contributed by atoms with E-state index >= 15 is 0 Å². The number of hydrogen-bond acceptors (Lipinski definition) is 4. The van der Waals surface area contributed by atoms with Gasteiger partial charge in [0.1, 0.15) is 6.61 Å². The number of rotatable bonds is 8. The van der Waals surface area contributed by atoms with E-state index < -0.39 is 24.0 Å². The van der Waals surface area contributed by atoms with Crippen molar-refractivity contribution in [1.29, 1.82) is 0 Å². The van der Waals surface area contributed by atoms with E-state index in [9.17, 15) is 14.4 Å². The van der Waals surface area contributed by atoms with E-state index in [0.29, 0.717) is 19.3 Å². The number of hydrogen-bond donors (Lipinski definition) is 3. The lowest BCUT2D eigenvalue weighted by Gasteiger charge is -2.35. The van der Waals surface area contributed by atoms with Gasteiger partial charge < -0.3 is 20.5 Å². The van der Waals surface area contributed by atoms with Gasteiger partial charge >= 0.3 is 12.1 Å². The summed E-state index contributed by atoms with van der Waals surface area (Å²) in [5.74, 6) is -1.52. The first-order valence-corrected chi connectivity index (χ1v) is 11.5. The summed E-state index contributed by atoms with van der Waals surface area (Å²) in [4.78, 5) is 35.5. The minimum Gasteiger partial charge on any atom is -0.481 e. The summed E-state index contributed by atoms with van der Waals surface area (Å²) in [5.41, 5.74) is 4.73. The first kappa shape index (κ1) is 22.8. The summed E-state index contributed by atoms with van der Waals surface area (Å²) in [6.07, 6.45) is 1.31. The number of fused-ring (bicyclic) bond motifs is 3. The molecular formula is C26H30N2O5. The van der Waals surface area contributed by atoms with Crippen molar-refractivity contribution in [2.24, 2.45) is 11.8 Å². The van der Waals surface area contributed by atoms with E-state index in [-0.39, 0.29) is 30.4 Å². The quantitative estimate of drug-likeness (QED) is 0.565. The van der Waals surface area contributed by atoms with Crippen molar-refractivity contribution in [2.75, 3.05) is 6.61 Å². The molecule has 2 unspecified atom stereocenters. The zero-order chi connectivity index (χ0) is 23.5. The number of nitrogens with one attached hydrogen (secondary N) is 2. The number of carboxylic acid groups (broad SMARTS) is 1. The van der Waals surface area contributed by atoms with Crippen LogP contribution in [0.25, 0.3) is 11.1 Å². The van der Waals surface area contributed by atoms with Crippen LogP contribution in [0.5, 0.6) is 0 Å². The van der Waals surface area contributed by atoms with Crippen LogP contribution in [0.15, 0.2) is 48.5 Å². The Balaban J connectivity index is 1.21. The Morgan fingerprint density at radius 3 is 2.15 bits per heavy atom. The molecule has 0 heterocycles. The van der Waals surface area contributed by atoms with Gasteiger partial charge in [0.15, 0.2) is 0 Å². The Bertz CT molecular complexity index is 1000. The second kappa shape index (κ2) is 9.65. The summed E-state index contributed by atoms with van der Waals surface area (Å²) in [7, 11) is 0. The average molecular weight is 451 g/mol. The number of carbonyl (C=O) groups is 3. The molecule has 0 saturated heterocycles. The highest BCUT2D eigenvalue weighted by Gasteiger charge is 2.34. The van der Waals surface area contributed by atoms with Gasteiger partial charge in [0.05, 0.1) is 5.92 Å². The standard InChI is InChI=1S/C26H30N2O5/c1-15(25(30)31)16(2)27-24(29)13-17-11-18(12-17)28-26(32)33-14-23-21-9-5-3-7-19(21)20-8-4-6-10-22(20)23/h3-10,15-18,23H,11-14H2,1-2H3,(H,27,29)(H,28,32)(H,30,31). The van der Waals surface area contributed by atoms with E-state index in [1.54, 1.807) is 13.8 Å². The number of carbonyl (C=O) groups excluding carboxylic acids is 2. The Kier molecular flexibility index (Phi) is 6.67. The summed E-state index contributed by atoms with van der Waals surface area (Å²) >= 11 is 0. The molecule has 2 aliphatic rings. The van der Waals surface area contributed by atoms with Crippen LogP contribution in [-0.2, 0) is 14.3 Å². The molecule has 33 heavy (non-hydrogen) atoms. The van der Waals surface area contributed by atoms with Crippen molar-refractivity contribution in [3.63, 3.8) is 0 Å². The van der Waals surface area contributed by atoms with Gasteiger partial charge in [-0.25, -0.2) is 4.79 Å². The van der Waals surface area contributed by atoms with Crippen molar-refractivity contribution in [2.45, 2.75) is 51.1 Å². The second-order valence-corrected chi connectivity index (χ2v) is 9.19. The van der Waals surface area contributed by atoms with Gasteiger partial charge in [0, 0.05) is 24.4 Å². The maximum atomic E-state index is 12.4. The number of ether oxygens (including phenoxy) is 1. The third kappa shape index (κ3) is 5.02. The van der Waals surface area contributed by atoms with E-state index in [1.165, 1.54) is 22.3 Å². The Morgan fingerprint density at radius 2 is 1.58 bits per heavy atom. The minimum atomic E-state index is -0.932. The van der Waals surface area contributed by atoms with Gasteiger partial charge in [0.25, 0.3) is 0 Å². The molecule has 1 fully saturated rings. The predicted octanol–water partition coefficient (Wildman–Crippen LogP) is 3.92. The van der Waals surface area contributed by atoms with Crippen LogP contribution in [0, 0.1) is 11.8 Å². The molecule has 0 spiro atoms. The predicted molar refractivity (Wildman–Crippen MR) is 124 cm³/mol. The molecule has 2 aliphatic carbocycles. The molecular weight excluding hydrogens is 420 g/mol. The SMILES string of the molecule is CC(NC(=O)CC1CC(NC(=O)OCC2c3ccccc3-c3ccccc32)C1)C(C)C(=O)O. The molecule has 2 aromatic carbocycles. The molecule has 2 amide bonds. The van der Waals surface area contributed by atoms with Crippen molar-refractivity contribution >= 4 is 18.0 Å². The molecule has 3 N–H and O–H groups in total. The van der Waals surface area contributed by atoms with Crippen molar-refractivity contribution in [3.05, 3.63) is 59.7 Å². The van der Waals surface area contributed by atoms with Crippen LogP contribution in [0.1, 0.15) is 50.2 Å². The molecule has 2 aromatic rings. The van der Waals surface area contributed by atoms with E-state index in [1.807, 2.05) is 24.3 Å². The molecule has 0 radical (unpaired) electrons. The highest BCUT2D eigenvalue weighted by Crippen LogP contribution is 2.44. The van der Waals surface area contributed by atoms with E-state index in [2.05, 4.69) is 34.9 Å². The van der Waals surface area contributed by atoms with E-state index in [4.69, 9.17) is 9.84 Å². The molecule has 2 atom stereocenters. The number of aliphatic carboxylic acids is 1. The summed E-state index contributed by atoms with van der Waals surface area (Å²) in [5, 5.41) is 14.7. The minimum absolute atomic E-state index is 0.00572. The normalized spacial score (nSPS) is 20.5. The number of benzene rings is 2. The van der Waals surface area contributed by atoms with Crippen LogP contribution in [0.4, 0.5) is 4.79 Å². The molecule has 7 nitrogen and oxygen atoms in total. The fourth-order valence-electron chi connectivity index (χ4n) is 4.74. The first-order valence-electron chi connectivity index (χ1n) is 11.5. The maximum Gasteiger partial charge on any atom is 0.407 e. The monoisotopic (exact) mass is 450 g/mol. The largest absolute Gasteiger partial charge is 0.481 e. The van der Waals surface area contributed by atoms with Gasteiger partial charge in [-0.05, 0) is 54.9 Å². The first-order chi connectivity index (χ1) is 15.8.